The SMILES string of the molecule is C[C@H](NCc1ccccc1F)c1cccs1. The molecule has 1 heterocycles. The van der Waals surface area contributed by atoms with Crippen LogP contribution in [-0.2, 0) is 6.54 Å². The van der Waals surface area contributed by atoms with Crippen molar-refractivity contribution in [3.8, 4) is 0 Å². The minimum atomic E-state index is -0.145. The Morgan fingerprint density at radius 3 is 2.75 bits per heavy atom. The fourth-order valence-corrected chi connectivity index (χ4v) is 2.30. The zero-order chi connectivity index (χ0) is 11.4. The van der Waals surface area contributed by atoms with E-state index in [1.54, 1.807) is 17.4 Å². The highest BCUT2D eigenvalue weighted by Crippen LogP contribution is 2.18. The van der Waals surface area contributed by atoms with Gasteiger partial charge >= 0.3 is 0 Å². The first-order valence-corrected chi connectivity index (χ1v) is 6.15. The summed E-state index contributed by atoms with van der Waals surface area (Å²) in [5.41, 5.74) is 0.714. The van der Waals surface area contributed by atoms with E-state index in [-0.39, 0.29) is 11.9 Å². The summed E-state index contributed by atoms with van der Waals surface area (Å²) < 4.78 is 13.3. The largest absolute Gasteiger partial charge is 0.305 e. The zero-order valence-corrected chi connectivity index (χ0v) is 9.93. The van der Waals surface area contributed by atoms with E-state index in [0.29, 0.717) is 12.1 Å². The molecule has 0 bridgehead atoms. The van der Waals surface area contributed by atoms with Gasteiger partial charge in [-0.2, -0.15) is 0 Å². The monoisotopic (exact) mass is 235 g/mol. The van der Waals surface area contributed by atoms with Crippen molar-refractivity contribution >= 4 is 11.3 Å². The normalized spacial score (nSPS) is 12.6. The van der Waals surface area contributed by atoms with Crippen molar-refractivity contribution < 1.29 is 4.39 Å². The predicted molar refractivity (Wildman–Crippen MR) is 66.0 cm³/mol. The van der Waals surface area contributed by atoms with Gasteiger partial charge in [-0.25, -0.2) is 4.39 Å². The van der Waals surface area contributed by atoms with Crippen LogP contribution in [0, 0.1) is 5.82 Å². The molecule has 0 aliphatic heterocycles. The summed E-state index contributed by atoms with van der Waals surface area (Å²) in [6.45, 7) is 2.65. The molecule has 0 aliphatic carbocycles. The lowest BCUT2D eigenvalue weighted by Gasteiger charge is -2.12. The molecule has 16 heavy (non-hydrogen) atoms. The Morgan fingerprint density at radius 1 is 1.25 bits per heavy atom. The number of thiophene rings is 1. The fourth-order valence-electron chi connectivity index (χ4n) is 1.54. The number of hydrogen-bond acceptors (Lipinski definition) is 2. The van der Waals surface area contributed by atoms with Crippen LogP contribution in [0.25, 0.3) is 0 Å². The number of rotatable bonds is 4. The lowest BCUT2D eigenvalue weighted by Crippen LogP contribution is -2.17. The van der Waals surface area contributed by atoms with Gasteiger partial charge in [0.15, 0.2) is 0 Å². The fraction of sp³-hybridized carbons (Fsp3) is 0.231. The summed E-state index contributed by atoms with van der Waals surface area (Å²) in [5, 5.41) is 5.36. The third-order valence-electron chi connectivity index (χ3n) is 2.53. The van der Waals surface area contributed by atoms with Crippen LogP contribution < -0.4 is 5.32 Å². The quantitative estimate of drug-likeness (QED) is 0.851. The molecule has 0 saturated carbocycles. The molecule has 1 aromatic heterocycles. The van der Waals surface area contributed by atoms with Crippen LogP contribution in [0.2, 0.25) is 0 Å². The summed E-state index contributed by atoms with van der Waals surface area (Å²) in [6, 6.07) is 11.2. The molecule has 0 spiro atoms. The Labute approximate surface area is 98.9 Å². The molecule has 84 valence electrons. The number of benzene rings is 1. The molecule has 0 amide bonds. The molecule has 0 fully saturated rings. The second-order valence-electron chi connectivity index (χ2n) is 3.71. The van der Waals surface area contributed by atoms with Crippen molar-refractivity contribution in [3.63, 3.8) is 0 Å². The van der Waals surface area contributed by atoms with Crippen molar-refractivity contribution in [3.05, 3.63) is 58.0 Å². The highest BCUT2D eigenvalue weighted by Gasteiger charge is 2.06. The highest BCUT2D eigenvalue weighted by atomic mass is 32.1. The van der Waals surface area contributed by atoms with E-state index in [9.17, 15) is 4.39 Å². The molecule has 2 rings (SSSR count). The smallest absolute Gasteiger partial charge is 0.127 e. The Kier molecular flexibility index (Phi) is 3.70. The lowest BCUT2D eigenvalue weighted by molar-refractivity contribution is 0.549. The summed E-state index contributed by atoms with van der Waals surface area (Å²) in [7, 11) is 0. The number of hydrogen-bond donors (Lipinski definition) is 1. The first-order chi connectivity index (χ1) is 7.77. The van der Waals surface area contributed by atoms with Gasteiger partial charge in [0.2, 0.25) is 0 Å². The lowest BCUT2D eigenvalue weighted by atomic mass is 10.2. The molecule has 0 aliphatic rings. The summed E-state index contributed by atoms with van der Waals surface area (Å²) in [6.07, 6.45) is 0. The highest BCUT2D eigenvalue weighted by molar-refractivity contribution is 7.10. The third kappa shape index (κ3) is 2.68. The maximum atomic E-state index is 13.3. The van der Waals surface area contributed by atoms with Crippen LogP contribution in [0.3, 0.4) is 0 Å². The molecule has 1 nitrogen and oxygen atoms in total. The zero-order valence-electron chi connectivity index (χ0n) is 9.11. The van der Waals surface area contributed by atoms with Crippen molar-refractivity contribution in [1.29, 1.82) is 0 Å². The van der Waals surface area contributed by atoms with E-state index in [1.807, 2.05) is 18.2 Å². The summed E-state index contributed by atoms with van der Waals surface area (Å²) >= 11 is 1.71. The molecule has 3 heteroatoms. The second kappa shape index (κ2) is 5.23. The molecule has 1 atom stereocenters. The van der Waals surface area contributed by atoms with Gasteiger partial charge in [0.25, 0.3) is 0 Å². The standard InChI is InChI=1S/C13H14FNS/c1-10(13-7-4-8-16-13)15-9-11-5-2-3-6-12(11)14/h2-8,10,15H,9H2,1H3/t10-/m0/s1. The van der Waals surface area contributed by atoms with Crippen molar-refractivity contribution in [1.82, 2.24) is 5.32 Å². The van der Waals surface area contributed by atoms with Gasteiger partial charge in [0, 0.05) is 23.0 Å². The first-order valence-electron chi connectivity index (χ1n) is 5.27. The van der Waals surface area contributed by atoms with Gasteiger partial charge in [-0.3, -0.25) is 0 Å². The number of nitrogens with one attached hydrogen (secondary N) is 1. The Hall–Kier alpha value is -1.19. The average molecular weight is 235 g/mol. The van der Waals surface area contributed by atoms with Crippen LogP contribution >= 0.6 is 11.3 Å². The van der Waals surface area contributed by atoms with E-state index in [0.717, 1.165) is 0 Å². The minimum Gasteiger partial charge on any atom is -0.305 e. The van der Waals surface area contributed by atoms with Crippen LogP contribution in [0.1, 0.15) is 23.4 Å². The molecule has 2 aromatic rings. The van der Waals surface area contributed by atoms with Gasteiger partial charge in [0.1, 0.15) is 5.82 Å². The minimum absolute atomic E-state index is 0.145. The molecular formula is C13H14FNS. The van der Waals surface area contributed by atoms with E-state index < -0.39 is 0 Å². The van der Waals surface area contributed by atoms with Crippen molar-refractivity contribution in [2.75, 3.05) is 0 Å². The van der Waals surface area contributed by atoms with Gasteiger partial charge in [-0.15, -0.1) is 11.3 Å². The predicted octanol–water partition coefficient (Wildman–Crippen LogP) is 3.74. The Balaban J connectivity index is 1.95. The van der Waals surface area contributed by atoms with Crippen LogP contribution in [0.5, 0.6) is 0 Å². The molecule has 0 radical (unpaired) electrons. The van der Waals surface area contributed by atoms with Crippen LogP contribution in [0.4, 0.5) is 4.39 Å². The average Bonchev–Trinajstić information content (AvgIpc) is 2.81. The molecule has 1 N–H and O–H groups in total. The third-order valence-corrected chi connectivity index (χ3v) is 3.58. The van der Waals surface area contributed by atoms with E-state index in [4.69, 9.17) is 0 Å². The molecular weight excluding hydrogens is 221 g/mol. The van der Waals surface area contributed by atoms with Gasteiger partial charge in [-0.05, 0) is 24.4 Å². The first kappa shape index (κ1) is 11.3. The summed E-state index contributed by atoms with van der Waals surface area (Å²) in [5.74, 6) is -0.145. The Bertz CT molecular complexity index is 439. The molecule has 0 unspecified atom stereocenters. The van der Waals surface area contributed by atoms with Crippen molar-refractivity contribution in [2.24, 2.45) is 0 Å². The van der Waals surface area contributed by atoms with Crippen LogP contribution in [0.15, 0.2) is 41.8 Å². The van der Waals surface area contributed by atoms with Gasteiger partial charge < -0.3 is 5.32 Å². The maximum Gasteiger partial charge on any atom is 0.127 e. The van der Waals surface area contributed by atoms with E-state index in [2.05, 4.69) is 23.7 Å². The summed E-state index contributed by atoms with van der Waals surface area (Å²) in [4.78, 5) is 1.27. The Morgan fingerprint density at radius 2 is 2.06 bits per heavy atom. The van der Waals surface area contributed by atoms with Crippen LogP contribution in [-0.4, -0.2) is 0 Å². The van der Waals surface area contributed by atoms with E-state index in [1.165, 1.54) is 10.9 Å². The topological polar surface area (TPSA) is 12.0 Å². The second-order valence-corrected chi connectivity index (χ2v) is 4.69. The number of halogens is 1. The maximum absolute atomic E-state index is 13.3. The van der Waals surface area contributed by atoms with E-state index >= 15 is 0 Å². The van der Waals surface area contributed by atoms with Gasteiger partial charge in [0.05, 0.1) is 0 Å². The van der Waals surface area contributed by atoms with Crippen molar-refractivity contribution in [2.45, 2.75) is 19.5 Å². The molecule has 0 saturated heterocycles. The van der Waals surface area contributed by atoms with Gasteiger partial charge in [-0.1, -0.05) is 24.3 Å². The molecule has 1 aromatic carbocycles.